The first-order chi connectivity index (χ1) is 7.26. The maximum atomic E-state index is 11.5. The van der Waals surface area contributed by atoms with Crippen LogP contribution in [0.5, 0.6) is 0 Å². The van der Waals surface area contributed by atoms with Crippen molar-refractivity contribution < 1.29 is 14.3 Å². The molecule has 94 valence electrons. The van der Waals surface area contributed by atoms with E-state index in [1.807, 2.05) is 27.7 Å². The normalized spacial score (nSPS) is 11.1. The van der Waals surface area contributed by atoms with E-state index in [9.17, 15) is 9.59 Å². The standard InChI is InChI=1S/C11H22N2O3/c1-6-16-8-10(15)13(5)7-9(14)12-11(2,3)4/h6-8H2,1-5H3,(H,12,14). The second-order valence-electron chi connectivity index (χ2n) is 4.69. The van der Waals surface area contributed by atoms with Gasteiger partial charge in [0.15, 0.2) is 0 Å². The average Bonchev–Trinajstić information content (AvgIpc) is 2.10. The molecule has 16 heavy (non-hydrogen) atoms. The zero-order valence-corrected chi connectivity index (χ0v) is 10.8. The predicted molar refractivity (Wildman–Crippen MR) is 62.0 cm³/mol. The van der Waals surface area contributed by atoms with Gasteiger partial charge >= 0.3 is 0 Å². The van der Waals surface area contributed by atoms with E-state index in [-0.39, 0.29) is 30.5 Å². The van der Waals surface area contributed by atoms with Crippen LogP contribution in [0.1, 0.15) is 27.7 Å². The van der Waals surface area contributed by atoms with Gasteiger partial charge in [-0.3, -0.25) is 9.59 Å². The first-order valence-electron chi connectivity index (χ1n) is 5.39. The Hall–Kier alpha value is -1.10. The van der Waals surface area contributed by atoms with E-state index in [1.165, 1.54) is 4.90 Å². The lowest BCUT2D eigenvalue weighted by atomic mass is 10.1. The van der Waals surface area contributed by atoms with Crippen molar-refractivity contribution in [2.75, 3.05) is 26.8 Å². The minimum Gasteiger partial charge on any atom is -0.372 e. The van der Waals surface area contributed by atoms with Gasteiger partial charge in [0.2, 0.25) is 11.8 Å². The molecule has 0 bridgehead atoms. The summed E-state index contributed by atoms with van der Waals surface area (Å²) in [4.78, 5) is 24.3. The minimum absolute atomic E-state index is 0.0236. The maximum absolute atomic E-state index is 11.5. The number of nitrogens with zero attached hydrogens (tertiary/aromatic N) is 1. The van der Waals surface area contributed by atoms with Crippen molar-refractivity contribution in [1.29, 1.82) is 0 Å². The number of nitrogens with one attached hydrogen (secondary N) is 1. The maximum Gasteiger partial charge on any atom is 0.248 e. The second kappa shape index (κ2) is 6.48. The lowest BCUT2D eigenvalue weighted by Gasteiger charge is -2.23. The predicted octanol–water partition coefficient (Wildman–Crippen LogP) is 0.396. The van der Waals surface area contributed by atoms with E-state index in [1.54, 1.807) is 7.05 Å². The number of carbonyl (C=O) groups excluding carboxylic acids is 2. The molecular weight excluding hydrogens is 208 g/mol. The van der Waals surface area contributed by atoms with E-state index >= 15 is 0 Å². The number of rotatable bonds is 5. The average molecular weight is 230 g/mol. The van der Waals surface area contributed by atoms with E-state index in [0.717, 1.165) is 0 Å². The molecule has 0 unspecified atom stereocenters. The van der Waals surface area contributed by atoms with Crippen molar-refractivity contribution in [3.05, 3.63) is 0 Å². The molecule has 0 aliphatic carbocycles. The number of carbonyl (C=O) groups is 2. The van der Waals surface area contributed by atoms with Gasteiger partial charge in [-0.15, -0.1) is 0 Å². The van der Waals surface area contributed by atoms with Gasteiger partial charge in [-0.1, -0.05) is 0 Å². The SMILES string of the molecule is CCOCC(=O)N(C)CC(=O)NC(C)(C)C. The van der Waals surface area contributed by atoms with Crippen LogP contribution in [0, 0.1) is 0 Å². The Kier molecular flexibility index (Phi) is 6.03. The molecule has 0 atom stereocenters. The number of hydrogen-bond donors (Lipinski definition) is 1. The summed E-state index contributed by atoms with van der Waals surface area (Å²) in [6, 6.07) is 0. The molecule has 0 spiro atoms. The Morgan fingerprint density at radius 3 is 2.31 bits per heavy atom. The summed E-state index contributed by atoms with van der Waals surface area (Å²) in [5.74, 6) is -0.356. The first kappa shape index (κ1) is 14.9. The molecule has 0 aromatic heterocycles. The molecule has 5 heteroatoms. The van der Waals surface area contributed by atoms with Crippen molar-refractivity contribution in [2.24, 2.45) is 0 Å². The topological polar surface area (TPSA) is 58.6 Å². The van der Waals surface area contributed by atoms with Crippen molar-refractivity contribution in [1.82, 2.24) is 10.2 Å². The van der Waals surface area contributed by atoms with E-state index < -0.39 is 0 Å². The fraction of sp³-hybridized carbons (Fsp3) is 0.818. The Morgan fingerprint density at radius 1 is 1.31 bits per heavy atom. The minimum atomic E-state index is -0.277. The van der Waals surface area contributed by atoms with Crippen LogP contribution in [0.2, 0.25) is 0 Å². The van der Waals surface area contributed by atoms with Gasteiger partial charge in [-0.25, -0.2) is 0 Å². The molecule has 0 fully saturated rings. The Balaban J connectivity index is 3.99. The van der Waals surface area contributed by atoms with E-state index in [0.29, 0.717) is 6.61 Å². The largest absolute Gasteiger partial charge is 0.372 e. The molecule has 0 saturated heterocycles. The van der Waals surface area contributed by atoms with Crippen LogP contribution in [-0.4, -0.2) is 49.1 Å². The highest BCUT2D eigenvalue weighted by atomic mass is 16.5. The number of likely N-dealkylation sites (N-methyl/N-ethyl adjacent to an activating group) is 1. The summed E-state index contributed by atoms with van der Waals surface area (Å²) < 4.78 is 4.98. The molecule has 0 aromatic carbocycles. The van der Waals surface area contributed by atoms with Gasteiger partial charge in [0, 0.05) is 19.2 Å². The zero-order valence-electron chi connectivity index (χ0n) is 10.8. The van der Waals surface area contributed by atoms with Crippen LogP contribution < -0.4 is 5.32 Å². The quantitative estimate of drug-likeness (QED) is 0.743. The summed E-state index contributed by atoms with van der Waals surface area (Å²) in [7, 11) is 1.59. The van der Waals surface area contributed by atoms with Crippen LogP contribution in [0.3, 0.4) is 0 Å². The second-order valence-corrected chi connectivity index (χ2v) is 4.69. The van der Waals surface area contributed by atoms with Crippen LogP contribution in [-0.2, 0) is 14.3 Å². The zero-order chi connectivity index (χ0) is 12.8. The smallest absolute Gasteiger partial charge is 0.248 e. The molecule has 5 nitrogen and oxygen atoms in total. The molecule has 0 aliphatic rings. The van der Waals surface area contributed by atoms with Gasteiger partial charge in [0.1, 0.15) is 6.61 Å². The fourth-order valence-corrected chi connectivity index (χ4v) is 1.06. The third-order valence-electron chi connectivity index (χ3n) is 1.75. The van der Waals surface area contributed by atoms with Crippen molar-refractivity contribution in [3.8, 4) is 0 Å². The third kappa shape index (κ3) is 7.23. The summed E-state index contributed by atoms with van der Waals surface area (Å²) >= 11 is 0. The van der Waals surface area contributed by atoms with Crippen LogP contribution in [0.4, 0.5) is 0 Å². The molecule has 0 rings (SSSR count). The molecule has 0 radical (unpaired) electrons. The van der Waals surface area contributed by atoms with Crippen LogP contribution in [0.15, 0.2) is 0 Å². The highest BCUT2D eigenvalue weighted by Gasteiger charge is 2.17. The highest BCUT2D eigenvalue weighted by Crippen LogP contribution is 1.98. The Bertz CT molecular complexity index is 246. The highest BCUT2D eigenvalue weighted by molar-refractivity contribution is 5.85. The van der Waals surface area contributed by atoms with Crippen molar-refractivity contribution in [3.63, 3.8) is 0 Å². The number of ether oxygens (including phenoxy) is 1. The van der Waals surface area contributed by atoms with Gasteiger partial charge in [0.05, 0.1) is 6.54 Å². The van der Waals surface area contributed by atoms with Crippen LogP contribution >= 0.6 is 0 Å². The molecular formula is C11H22N2O3. The van der Waals surface area contributed by atoms with Gasteiger partial charge in [-0.2, -0.15) is 0 Å². The Labute approximate surface area is 97.1 Å². The number of amides is 2. The molecule has 2 amide bonds. The first-order valence-corrected chi connectivity index (χ1v) is 5.39. The summed E-state index contributed by atoms with van der Waals surface area (Å²) in [6.07, 6.45) is 0. The summed E-state index contributed by atoms with van der Waals surface area (Å²) in [6.45, 7) is 8.08. The fourth-order valence-electron chi connectivity index (χ4n) is 1.06. The van der Waals surface area contributed by atoms with Gasteiger partial charge < -0.3 is 15.0 Å². The molecule has 0 saturated carbocycles. The van der Waals surface area contributed by atoms with Crippen molar-refractivity contribution >= 4 is 11.8 Å². The monoisotopic (exact) mass is 230 g/mol. The lowest BCUT2D eigenvalue weighted by molar-refractivity contribution is -0.138. The van der Waals surface area contributed by atoms with E-state index in [4.69, 9.17) is 4.74 Å². The molecule has 0 heterocycles. The van der Waals surface area contributed by atoms with Crippen LogP contribution in [0.25, 0.3) is 0 Å². The van der Waals surface area contributed by atoms with Gasteiger partial charge in [-0.05, 0) is 27.7 Å². The molecule has 1 N–H and O–H groups in total. The lowest BCUT2D eigenvalue weighted by Crippen LogP contribution is -2.46. The summed E-state index contributed by atoms with van der Waals surface area (Å²) in [5.41, 5.74) is -0.277. The third-order valence-corrected chi connectivity index (χ3v) is 1.75. The Morgan fingerprint density at radius 2 is 1.88 bits per heavy atom. The van der Waals surface area contributed by atoms with Gasteiger partial charge in [0.25, 0.3) is 0 Å². The van der Waals surface area contributed by atoms with Crippen molar-refractivity contribution in [2.45, 2.75) is 33.2 Å². The number of hydrogen-bond acceptors (Lipinski definition) is 3. The molecule has 0 aromatic rings. The van der Waals surface area contributed by atoms with E-state index in [2.05, 4.69) is 5.32 Å². The summed E-state index contributed by atoms with van der Waals surface area (Å²) in [5, 5.41) is 2.79. The molecule has 0 aliphatic heterocycles.